The molecule has 0 N–H and O–H groups in total. The second kappa shape index (κ2) is 7.95. The number of fused-ring (bicyclic) bond motifs is 4. The van der Waals surface area contributed by atoms with E-state index in [4.69, 9.17) is 0 Å². The molecule has 0 heterocycles. The normalized spacial score (nSPS) is 42.2. The van der Waals surface area contributed by atoms with E-state index in [9.17, 15) is 9.59 Å². The van der Waals surface area contributed by atoms with Gasteiger partial charge in [-0.3, -0.25) is 9.59 Å². The molecule has 0 spiro atoms. The molecule has 2 fully saturated rings. The zero-order chi connectivity index (χ0) is 23.5. The Hall–Kier alpha value is -1.18. The van der Waals surface area contributed by atoms with E-state index >= 15 is 0 Å². The molecule has 2 heteroatoms. The molecule has 0 radical (unpaired) electrons. The van der Waals surface area contributed by atoms with Crippen LogP contribution in [0.4, 0.5) is 0 Å². The Labute approximate surface area is 196 Å². The highest BCUT2D eigenvalue weighted by atomic mass is 16.1. The smallest absolute Gasteiger partial charge is 0.145 e. The van der Waals surface area contributed by atoms with E-state index in [2.05, 4.69) is 47.6 Å². The third-order valence-corrected chi connectivity index (χ3v) is 11.5. The van der Waals surface area contributed by atoms with Gasteiger partial charge in [-0.2, -0.15) is 0 Å². The third-order valence-electron chi connectivity index (χ3n) is 11.5. The standard InChI is InChI=1S/C30H46O2/c1-20(19-31)9-8-10-21(2)22-13-17-30(7)24-11-12-25-27(3,4)26(32)15-16-28(25,5)23(24)14-18-29(22,30)6/h9,19,21-22,25H,8,10-18H2,1-7H3/b20-9-/t21-,22-,25-,28+,29-,30+/m0/s1. The lowest BCUT2D eigenvalue weighted by atomic mass is 9.43. The van der Waals surface area contributed by atoms with Gasteiger partial charge in [-0.25, -0.2) is 0 Å². The summed E-state index contributed by atoms with van der Waals surface area (Å²) in [5.74, 6) is 2.45. The van der Waals surface area contributed by atoms with E-state index in [0.29, 0.717) is 28.4 Å². The second-order valence-corrected chi connectivity index (χ2v) is 13.1. The first-order chi connectivity index (χ1) is 14.9. The molecule has 0 aromatic heterocycles. The summed E-state index contributed by atoms with van der Waals surface area (Å²) in [6.45, 7) is 16.6. The molecule has 4 aliphatic rings. The molecule has 32 heavy (non-hydrogen) atoms. The molecule has 0 amide bonds. The zero-order valence-corrected chi connectivity index (χ0v) is 21.8. The van der Waals surface area contributed by atoms with E-state index in [-0.39, 0.29) is 10.8 Å². The molecule has 2 nitrogen and oxygen atoms in total. The summed E-state index contributed by atoms with van der Waals surface area (Å²) in [7, 11) is 0. The van der Waals surface area contributed by atoms with Crippen LogP contribution in [0, 0.1) is 39.4 Å². The molecular formula is C30H46O2. The van der Waals surface area contributed by atoms with Gasteiger partial charge in [0.2, 0.25) is 0 Å². The second-order valence-electron chi connectivity index (χ2n) is 13.1. The lowest BCUT2D eigenvalue weighted by Gasteiger charge is -2.61. The molecule has 0 aromatic rings. The van der Waals surface area contributed by atoms with Gasteiger partial charge >= 0.3 is 0 Å². The largest absolute Gasteiger partial charge is 0.299 e. The van der Waals surface area contributed by atoms with Crippen molar-refractivity contribution in [3.8, 4) is 0 Å². The first-order valence-corrected chi connectivity index (χ1v) is 13.3. The minimum atomic E-state index is -0.174. The fraction of sp³-hybridized carbons (Fsp3) is 0.800. The van der Waals surface area contributed by atoms with Gasteiger partial charge in [-0.05, 0) is 104 Å². The average molecular weight is 439 g/mol. The van der Waals surface area contributed by atoms with E-state index in [0.717, 1.165) is 37.0 Å². The van der Waals surface area contributed by atoms with Gasteiger partial charge in [0.15, 0.2) is 0 Å². The summed E-state index contributed by atoms with van der Waals surface area (Å²) in [4.78, 5) is 23.7. The van der Waals surface area contributed by atoms with Crippen LogP contribution in [0.2, 0.25) is 0 Å². The van der Waals surface area contributed by atoms with E-state index in [1.54, 1.807) is 11.1 Å². The summed E-state index contributed by atoms with van der Waals surface area (Å²) in [6.07, 6.45) is 14.7. The van der Waals surface area contributed by atoms with Crippen molar-refractivity contribution >= 4 is 12.1 Å². The number of hydrogen-bond donors (Lipinski definition) is 0. The Balaban J connectivity index is 1.63. The topological polar surface area (TPSA) is 34.1 Å². The number of carbonyl (C=O) groups excluding carboxylic acids is 2. The summed E-state index contributed by atoms with van der Waals surface area (Å²) >= 11 is 0. The highest BCUT2D eigenvalue weighted by Crippen LogP contribution is 2.72. The van der Waals surface area contributed by atoms with Crippen LogP contribution in [0.5, 0.6) is 0 Å². The minimum Gasteiger partial charge on any atom is -0.299 e. The Bertz CT molecular complexity index is 860. The third kappa shape index (κ3) is 3.25. The molecule has 6 atom stereocenters. The Morgan fingerprint density at radius 3 is 2.41 bits per heavy atom. The maximum atomic E-state index is 12.8. The van der Waals surface area contributed by atoms with Crippen molar-refractivity contribution < 1.29 is 9.59 Å². The fourth-order valence-corrected chi connectivity index (χ4v) is 9.27. The number of Topliss-reactive ketones (excluding diaryl/α,β-unsaturated/α-hetero) is 1. The maximum absolute atomic E-state index is 12.8. The number of hydrogen-bond acceptors (Lipinski definition) is 2. The molecule has 0 saturated heterocycles. The number of rotatable bonds is 5. The van der Waals surface area contributed by atoms with Crippen molar-refractivity contribution in [2.75, 3.05) is 0 Å². The van der Waals surface area contributed by atoms with Crippen LogP contribution in [0.1, 0.15) is 113 Å². The molecule has 178 valence electrons. The van der Waals surface area contributed by atoms with Gasteiger partial charge in [0.1, 0.15) is 12.1 Å². The Kier molecular flexibility index (Phi) is 5.95. The summed E-state index contributed by atoms with van der Waals surface area (Å²) < 4.78 is 0. The van der Waals surface area contributed by atoms with Crippen LogP contribution in [-0.2, 0) is 9.59 Å². The average Bonchev–Trinajstić information content (AvgIpc) is 3.02. The molecule has 0 unspecified atom stereocenters. The lowest BCUT2D eigenvalue weighted by Crippen LogP contribution is -2.53. The van der Waals surface area contributed by atoms with Gasteiger partial charge in [-0.15, -0.1) is 0 Å². The molecule has 0 bridgehead atoms. The lowest BCUT2D eigenvalue weighted by molar-refractivity contribution is -0.139. The van der Waals surface area contributed by atoms with Crippen molar-refractivity contribution in [1.29, 1.82) is 0 Å². The number of aldehydes is 1. The van der Waals surface area contributed by atoms with Crippen LogP contribution in [0.25, 0.3) is 0 Å². The monoisotopic (exact) mass is 438 g/mol. The van der Waals surface area contributed by atoms with Gasteiger partial charge in [-0.1, -0.05) is 58.8 Å². The van der Waals surface area contributed by atoms with E-state index in [1.807, 2.05) is 6.92 Å². The Morgan fingerprint density at radius 2 is 1.72 bits per heavy atom. The van der Waals surface area contributed by atoms with E-state index < -0.39 is 0 Å². The summed E-state index contributed by atoms with van der Waals surface area (Å²) in [6, 6.07) is 0. The van der Waals surface area contributed by atoms with Crippen LogP contribution >= 0.6 is 0 Å². The highest BCUT2D eigenvalue weighted by molar-refractivity contribution is 5.85. The van der Waals surface area contributed by atoms with Crippen LogP contribution in [-0.4, -0.2) is 12.1 Å². The number of ketones is 1. The number of allylic oxidation sites excluding steroid dienone is 4. The summed E-state index contributed by atoms with van der Waals surface area (Å²) in [5.41, 5.74) is 5.18. The predicted octanol–water partition coefficient (Wildman–Crippen LogP) is 7.87. The van der Waals surface area contributed by atoms with Crippen LogP contribution in [0.3, 0.4) is 0 Å². The van der Waals surface area contributed by atoms with Gasteiger partial charge in [0.05, 0.1) is 0 Å². The van der Waals surface area contributed by atoms with Gasteiger partial charge in [0.25, 0.3) is 0 Å². The first kappa shape index (κ1) is 24.0. The maximum Gasteiger partial charge on any atom is 0.145 e. The van der Waals surface area contributed by atoms with E-state index in [1.165, 1.54) is 44.9 Å². The zero-order valence-electron chi connectivity index (χ0n) is 21.8. The molecule has 4 rings (SSSR count). The van der Waals surface area contributed by atoms with Crippen molar-refractivity contribution in [2.45, 2.75) is 113 Å². The molecule has 0 aromatic carbocycles. The van der Waals surface area contributed by atoms with Crippen LogP contribution in [0.15, 0.2) is 22.8 Å². The fourth-order valence-electron chi connectivity index (χ4n) is 9.27. The van der Waals surface area contributed by atoms with Gasteiger partial charge in [0, 0.05) is 11.8 Å². The van der Waals surface area contributed by atoms with Crippen molar-refractivity contribution in [3.05, 3.63) is 22.8 Å². The molecule has 2 saturated carbocycles. The quantitative estimate of drug-likeness (QED) is 0.249. The Morgan fingerprint density at radius 1 is 1.00 bits per heavy atom. The predicted molar refractivity (Wildman–Crippen MR) is 132 cm³/mol. The van der Waals surface area contributed by atoms with Crippen molar-refractivity contribution in [3.63, 3.8) is 0 Å². The van der Waals surface area contributed by atoms with Crippen molar-refractivity contribution in [2.24, 2.45) is 39.4 Å². The molecule has 0 aliphatic heterocycles. The molecule has 4 aliphatic carbocycles. The van der Waals surface area contributed by atoms with Crippen LogP contribution < -0.4 is 0 Å². The SMILES string of the molecule is C/C(C=O)=C/CC[C@H](C)[C@@H]1CC[C@]2(C)C3=C(CC[C@@]12C)[C@@]1(C)CCC(=O)C(C)(C)[C@@H]1CC3. The highest BCUT2D eigenvalue weighted by Gasteiger charge is 2.63. The first-order valence-electron chi connectivity index (χ1n) is 13.3. The van der Waals surface area contributed by atoms with Gasteiger partial charge < -0.3 is 0 Å². The minimum absolute atomic E-state index is 0.174. The molecular weight excluding hydrogens is 392 g/mol. The van der Waals surface area contributed by atoms with Crippen molar-refractivity contribution in [1.82, 2.24) is 0 Å². The number of carbonyl (C=O) groups is 2. The summed E-state index contributed by atoms with van der Waals surface area (Å²) in [5, 5.41) is 0.